The van der Waals surface area contributed by atoms with Crippen LogP contribution in [0.3, 0.4) is 0 Å². The summed E-state index contributed by atoms with van der Waals surface area (Å²) in [5.74, 6) is -1.03. The Balaban J connectivity index is 1.13. The normalized spacial score (nSPS) is 15.9. The number of nitrogens with one attached hydrogen (secondary N) is 2. The van der Waals surface area contributed by atoms with E-state index in [1.54, 1.807) is 36.5 Å². The highest BCUT2D eigenvalue weighted by atomic mass is 35.5. The molecule has 1 aromatic carbocycles. The molecule has 0 spiro atoms. The van der Waals surface area contributed by atoms with E-state index in [0.29, 0.717) is 28.2 Å². The number of hydrogen-bond donors (Lipinski definition) is 4. The van der Waals surface area contributed by atoms with Crippen molar-refractivity contribution in [3.63, 3.8) is 0 Å². The number of anilines is 3. The van der Waals surface area contributed by atoms with Gasteiger partial charge in [-0.05, 0) is 49.9 Å². The number of aromatic hydroxyl groups is 1. The number of benzene rings is 1. The van der Waals surface area contributed by atoms with Crippen LogP contribution >= 0.6 is 23.4 Å². The smallest absolute Gasteiger partial charge is 0.493 e. The third-order valence-corrected chi connectivity index (χ3v) is 9.62. The number of alkyl carbamates (subject to hydrolysis) is 1. The quantitative estimate of drug-likeness (QED) is 0.167. The standard InChI is InChI=1S/C32H31ClN8O8S/c1-16-9-11-40(18(12-16)13-36-31(45)47-15-20-17(2)48-32(46)49-20)23-14-35-29(26(34)38-23)50-21-7-5-6-19(25(21)33)37-27(42)24-28(43)39-22-8-3-4-10-41(22)30(24)44/h3-8,10,14,16,18,43H,9,11-13,15H2,1-2H3,(H2,34,38)(H,36,45)(H,37,42). The lowest BCUT2D eigenvalue weighted by Crippen LogP contribution is -2.49. The number of pyridine rings is 1. The van der Waals surface area contributed by atoms with Gasteiger partial charge in [0.25, 0.3) is 11.5 Å². The number of fused-ring (bicyclic) bond motifs is 1. The molecule has 2 unspecified atom stereocenters. The van der Waals surface area contributed by atoms with E-state index in [0.717, 1.165) is 29.0 Å². The first-order valence-electron chi connectivity index (χ1n) is 15.4. The molecule has 18 heteroatoms. The maximum Gasteiger partial charge on any atom is 0.519 e. The number of halogens is 1. The molecule has 6 rings (SSSR count). The molecule has 2 atom stereocenters. The van der Waals surface area contributed by atoms with Crippen molar-refractivity contribution in [2.45, 2.75) is 49.3 Å². The first kappa shape index (κ1) is 34.3. The lowest BCUT2D eigenvalue weighted by molar-refractivity contribution is 0.102. The van der Waals surface area contributed by atoms with Crippen molar-refractivity contribution in [3.05, 3.63) is 91.9 Å². The van der Waals surface area contributed by atoms with E-state index < -0.39 is 34.8 Å². The Morgan fingerprint density at radius 3 is 2.76 bits per heavy atom. The molecule has 4 aromatic heterocycles. The Bertz CT molecular complexity index is 2210. The van der Waals surface area contributed by atoms with Gasteiger partial charge in [0.1, 0.15) is 16.5 Å². The molecular formula is C32H31ClN8O8S. The maximum atomic E-state index is 13.1. The molecule has 50 heavy (non-hydrogen) atoms. The fourth-order valence-corrected chi connectivity index (χ4v) is 6.59. The molecule has 0 saturated carbocycles. The van der Waals surface area contributed by atoms with Crippen LogP contribution in [0.25, 0.3) is 5.65 Å². The predicted octanol–water partition coefficient (Wildman–Crippen LogP) is 4.22. The van der Waals surface area contributed by atoms with E-state index >= 15 is 0 Å². The van der Waals surface area contributed by atoms with Crippen LogP contribution in [0.4, 0.5) is 22.1 Å². The minimum atomic E-state index is -0.888. The van der Waals surface area contributed by atoms with Crippen LogP contribution < -0.4 is 32.6 Å². The first-order chi connectivity index (χ1) is 24.0. The largest absolute Gasteiger partial charge is 0.519 e. The summed E-state index contributed by atoms with van der Waals surface area (Å²) in [6.07, 6.45) is 4.01. The summed E-state index contributed by atoms with van der Waals surface area (Å²) in [6, 6.07) is 9.54. The van der Waals surface area contributed by atoms with Crippen molar-refractivity contribution in [1.82, 2.24) is 24.7 Å². The highest BCUT2D eigenvalue weighted by Crippen LogP contribution is 2.39. The summed E-state index contributed by atoms with van der Waals surface area (Å²) in [7, 11) is 0. The lowest BCUT2D eigenvalue weighted by atomic mass is 9.92. The van der Waals surface area contributed by atoms with Gasteiger partial charge in [0.15, 0.2) is 29.5 Å². The minimum absolute atomic E-state index is 0.132. The summed E-state index contributed by atoms with van der Waals surface area (Å²) in [5, 5.41) is 16.2. The second-order valence-electron chi connectivity index (χ2n) is 11.5. The molecule has 0 bridgehead atoms. The number of carbonyl (C=O) groups is 2. The Labute approximate surface area is 292 Å². The summed E-state index contributed by atoms with van der Waals surface area (Å²) < 4.78 is 16.0. The Morgan fingerprint density at radius 2 is 2.00 bits per heavy atom. The summed E-state index contributed by atoms with van der Waals surface area (Å²) >= 11 is 7.79. The molecule has 0 aliphatic carbocycles. The molecular weight excluding hydrogens is 692 g/mol. The van der Waals surface area contributed by atoms with Gasteiger partial charge in [-0.3, -0.25) is 14.0 Å². The molecule has 260 valence electrons. The average molecular weight is 723 g/mol. The van der Waals surface area contributed by atoms with Crippen molar-refractivity contribution in [2.24, 2.45) is 5.92 Å². The van der Waals surface area contributed by atoms with E-state index in [2.05, 4.69) is 32.5 Å². The number of ether oxygens (including phenoxy) is 1. The third kappa shape index (κ3) is 7.37. The van der Waals surface area contributed by atoms with Crippen molar-refractivity contribution in [1.29, 1.82) is 0 Å². The molecule has 1 saturated heterocycles. The van der Waals surface area contributed by atoms with Gasteiger partial charge in [0, 0.05) is 30.2 Å². The second-order valence-corrected chi connectivity index (χ2v) is 12.9. The highest BCUT2D eigenvalue weighted by Gasteiger charge is 2.29. The zero-order valence-electron chi connectivity index (χ0n) is 26.7. The number of aryl methyl sites for hydroxylation is 1. The fraction of sp³-hybridized carbons (Fsp3) is 0.281. The van der Waals surface area contributed by atoms with Crippen molar-refractivity contribution < 1.29 is 28.3 Å². The van der Waals surface area contributed by atoms with Crippen LogP contribution in [0.1, 0.15) is 41.6 Å². The SMILES string of the molecule is Cc1oc(=O)oc1COC(=O)NCC1CC(C)CCN1c1cnc(Sc2cccc(NC(=O)c3c(O)nc4ccccn4c3=O)c2Cl)c(N)n1. The fourth-order valence-electron chi connectivity index (χ4n) is 5.49. The van der Waals surface area contributed by atoms with Crippen LogP contribution in [0, 0.1) is 12.8 Å². The van der Waals surface area contributed by atoms with E-state index in [4.69, 9.17) is 30.9 Å². The van der Waals surface area contributed by atoms with Gasteiger partial charge in [-0.25, -0.2) is 19.6 Å². The van der Waals surface area contributed by atoms with Crippen molar-refractivity contribution in [3.8, 4) is 5.88 Å². The van der Waals surface area contributed by atoms with Gasteiger partial charge in [-0.2, -0.15) is 4.98 Å². The number of hydrogen-bond acceptors (Lipinski definition) is 14. The van der Waals surface area contributed by atoms with Gasteiger partial charge in [-0.15, -0.1) is 0 Å². The van der Waals surface area contributed by atoms with Crippen LogP contribution in [0.15, 0.2) is 77.1 Å². The number of piperidine rings is 1. The van der Waals surface area contributed by atoms with Gasteiger partial charge in [0.05, 0.1) is 16.9 Å². The molecule has 5 aromatic rings. The third-order valence-electron chi connectivity index (χ3n) is 8.04. The number of aromatic nitrogens is 4. The molecule has 0 radical (unpaired) electrons. The van der Waals surface area contributed by atoms with Crippen LogP contribution in [0.2, 0.25) is 5.02 Å². The van der Waals surface area contributed by atoms with Gasteiger partial charge in [0.2, 0.25) is 5.88 Å². The zero-order valence-corrected chi connectivity index (χ0v) is 28.3. The molecule has 16 nitrogen and oxygen atoms in total. The lowest BCUT2D eigenvalue weighted by Gasteiger charge is -2.39. The van der Waals surface area contributed by atoms with Gasteiger partial charge < -0.3 is 39.9 Å². The minimum Gasteiger partial charge on any atom is -0.493 e. The molecule has 5 N–H and O–H groups in total. The number of nitrogens with zero attached hydrogens (tertiary/aromatic N) is 5. The van der Waals surface area contributed by atoms with Crippen molar-refractivity contribution >= 4 is 58.3 Å². The summed E-state index contributed by atoms with van der Waals surface area (Å²) in [4.78, 5) is 65.3. The Hall–Kier alpha value is -5.55. The van der Waals surface area contributed by atoms with Crippen LogP contribution in [0.5, 0.6) is 5.88 Å². The topological polar surface area (TPSA) is 220 Å². The van der Waals surface area contributed by atoms with Gasteiger partial charge >= 0.3 is 11.9 Å². The predicted molar refractivity (Wildman–Crippen MR) is 183 cm³/mol. The molecule has 1 aliphatic rings. The van der Waals surface area contributed by atoms with E-state index in [9.17, 15) is 24.3 Å². The number of nitrogen functional groups attached to an aromatic ring is 1. The Morgan fingerprint density at radius 1 is 1.18 bits per heavy atom. The maximum absolute atomic E-state index is 13.1. The molecule has 5 heterocycles. The molecule has 2 amide bonds. The summed E-state index contributed by atoms with van der Waals surface area (Å²) in [6.45, 7) is 4.33. The van der Waals surface area contributed by atoms with Crippen LogP contribution in [-0.4, -0.2) is 55.6 Å². The van der Waals surface area contributed by atoms with E-state index in [-0.39, 0.29) is 52.9 Å². The number of amides is 2. The zero-order chi connectivity index (χ0) is 35.5. The molecule has 1 fully saturated rings. The monoisotopic (exact) mass is 722 g/mol. The highest BCUT2D eigenvalue weighted by molar-refractivity contribution is 7.99. The first-order valence-corrected chi connectivity index (χ1v) is 16.5. The van der Waals surface area contributed by atoms with E-state index in [1.807, 2.05) is 4.90 Å². The number of nitrogens with two attached hydrogens (primary N) is 1. The van der Waals surface area contributed by atoms with E-state index in [1.165, 1.54) is 19.2 Å². The summed E-state index contributed by atoms with van der Waals surface area (Å²) in [5.41, 5.74) is 5.46. The van der Waals surface area contributed by atoms with Gasteiger partial charge in [-0.1, -0.05) is 42.4 Å². The second kappa shape index (κ2) is 14.5. The van der Waals surface area contributed by atoms with Crippen LogP contribution in [-0.2, 0) is 11.3 Å². The van der Waals surface area contributed by atoms with Crippen molar-refractivity contribution in [2.75, 3.05) is 29.0 Å². The molecule has 1 aliphatic heterocycles. The number of carbonyl (C=O) groups excluding carboxylic acids is 2. The number of rotatable bonds is 9. The average Bonchev–Trinajstić information content (AvgIpc) is 3.41. The Kier molecular flexibility index (Phi) is 9.96.